The molecule has 3 aromatic carbocycles. The Kier molecular flexibility index (Phi) is 6.58. The van der Waals surface area contributed by atoms with E-state index in [1.54, 1.807) is 43.3 Å². The van der Waals surface area contributed by atoms with Crippen molar-refractivity contribution in [2.45, 2.75) is 29.8 Å². The van der Waals surface area contributed by atoms with Crippen molar-refractivity contribution in [2.24, 2.45) is 0 Å². The number of fused-ring (bicyclic) bond motifs is 4. The third kappa shape index (κ3) is 4.64. The standard InChI is InChI=1S/C30H24BrN3O6S/c1-17-6-5-9-27(32-17)33-29(36)30-24(15-22(39-2)16-26(30)35)23-13-20(31)14-25(28(23)40-30)41(37,38)34-21-11-10-18-7-3-4-8-19(18)12-21/h3-14,16,24,34H,15H2,1-2H3,(H,32,33,36). The second-order valence-corrected chi connectivity index (χ2v) is 12.4. The maximum absolute atomic E-state index is 13.9. The van der Waals surface area contributed by atoms with Gasteiger partial charge in [-0.2, -0.15) is 0 Å². The number of carbonyl (C=O) groups excluding carboxylic acids is 2. The fraction of sp³-hybridized carbons (Fsp3) is 0.167. The Morgan fingerprint density at radius 3 is 2.61 bits per heavy atom. The van der Waals surface area contributed by atoms with Crippen LogP contribution in [0.1, 0.15) is 23.6 Å². The van der Waals surface area contributed by atoms with Crippen LogP contribution < -0.4 is 14.8 Å². The summed E-state index contributed by atoms with van der Waals surface area (Å²) < 4.78 is 42.3. The first kappa shape index (κ1) is 27.0. The fourth-order valence-electron chi connectivity index (χ4n) is 5.34. The summed E-state index contributed by atoms with van der Waals surface area (Å²) in [5.41, 5.74) is -0.656. The number of anilines is 2. The van der Waals surface area contributed by atoms with Crippen LogP contribution in [0.2, 0.25) is 0 Å². The molecular weight excluding hydrogens is 610 g/mol. The van der Waals surface area contributed by atoms with Crippen LogP contribution in [0.25, 0.3) is 10.8 Å². The molecular formula is C30H24BrN3O6S. The average Bonchev–Trinajstić information content (AvgIpc) is 3.28. The number of pyridine rings is 1. The quantitative estimate of drug-likeness (QED) is 0.270. The Hall–Kier alpha value is -4.22. The molecule has 0 saturated carbocycles. The van der Waals surface area contributed by atoms with Crippen molar-refractivity contribution < 1.29 is 27.5 Å². The Morgan fingerprint density at radius 1 is 1.07 bits per heavy atom. The van der Waals surface area contributed by atoms with Gasteiger partial charge in [0.25, 0.3) is 21.5 Å². The van der Waals surface area contributed by atoms with Crippen LogP contribution in [0.4, 0.5) is 11.5 Å². The monoisotopic (exact) mass is 633 g/mol. The van der Waals surface area contributed by atoms with Crippen molar-refractivity contribution in [1.82, 2.24) is 4.98 Å². The van der Waals surface area contributed by atoms with E-state index in [2.05, 4.69) is 31.0 Å². The van der Waals surface area contributed by atoms with Crippen molar-refractivity contribution in [1.29, 1.82) is 0 Å². The molecule has 4 aromatic rings. The summed E-state index contributed by atoms with van der Waals surface area (Å²) in [7, 11) is -2.80. The summed E-state index contributed by atoms with van der Waals surface area (Å²) >= 11 is 3.42. The summed E-state index contributed by atoms with van der Waals surface area (Å²) in [6.07, 6.45) is 1.36. The van der Waals surface area contributed by atoms with Crippen LogP contribution in [0.5, 0.6) is 5.75 Å². The molecule has 41 heavy (non-hydrogen) atoms. The molecule has 1 aliphatic heterocycles. The lowest BCUT2D eigenvalue weighted by molar-refractivity contribution is -0.144. The van der Waals surface area contributed by atoms with E-state index in [1.807, 2.05) is 30.3 Å². The van der Waals surface area contributed by atoms with E-state index < -0.39 is 33.2 Å². The number of sulfonamides is 1. The maximum Gasteiger partial charge on any atom is 0.278 e. The van der Waals surface area contributed by atoms with Crippen molar-refractivity contribution in [3.05, 3.63) is 100 Å². The zero-order chi connectivity index (χ0) is 28.9. The van der Waals surface area contributed by atoms with E-state index in [-0.39, 0.29) is 22.9 Å². The van der Waals surface area contributed by atoms with Crippen LogP contribution >= 0.6 is 15.9 Å². The van der Waals surface area contributed by atoms with Crippen molar-refractivity contribution in [3.63, 3.8) is 0 Å². The van der Waals surface area contributed by atoms with Gasteiger partial charge in [-0.15, -0.1) is 0 Å². The third-order valence-electron chi connectivity index (χ3n) is 7.26. The first-order valence-corrected chi connectivity index (χ1v) is 15.0. The minimum absolute atomic E-state index is 0.0713. The number of carbonyl (C=O) groups is 2. The van der Waals surface area contributed by atoms with Gasteiger partial charge in [0.2, 0.25) is 5.78 Å². The summed E-state index contributed by atoms with van der Waals surface area (Å²) in [6, 6.07) is 21.0. The third-order valence-corrected chi connectivity index (χ3v) is 9.11. The summed E-state index contributed by atoms with van der Waals surface area (Å²) in [5.74, 6) is -1.75. The number of nitrogens with one attached hydrogen (secondary N) is 2. The number of aromatic nitrogens is 1. The number of methoxy groups -OCH3 is 1. The zero-order valence-corrected chi connectivity index (χ0v) is 24.4. The van der Waals surface area contributed by atoms with E-state index in [0.29, 0.717) is 27.2 Å². The molecule has 2 atom stereocenters. The van der Waals surface area contributed by atoms with Gasteiger partial charge in [-0.3, -0.25) is 14.3 Å². The van der Waals surface area contributed by atoms with Gasteiger partial charge in [0.1, 0.15) is 22.2 Å². The second-order valence-electron chi connectivity index (χ2n) is 9.88. The minimum Gasteiger partial charge on any atom is -0.501 e. The number of rotatable bonds is 6. The molecule has 1 aromatic heterocycles. The molecule has 6 rings (SSSR count). The molecule has 1 aliphatic carbocycles. The number of hydrogen-bond donors (Lipinski definition) is 2. The topological polar surface area (TPSA) is 124 Å². The van der Waals surface area contributed by atoms with Crippen LogP contribution in [0, 0.1) is 6.92 Å². The first-order chi connectivity index (χ1) is 19.6. The molecule has 9 nitrogen and oxygen atoms in total. The van der Waals surface area contributed by atoms with Crippen LogP contribution in [-0.2, 0) is 24.3 Å². The summed E-state index contributed by atoms with van der Waals surface area (Å²) in [4.78, 5) is 31.6. The molecule has 2 unspecified atom stereocenters. The van der Waals surface area contributed by atoms with E-state index in [1.165, 1.54) is 19.3 Å². The fourth-order valence-corrected chi connectivity index (χ4v) is 7.20. The number of benzene rings is 3. The molecule has 2 N–H and O–H groups in total. The molecule has 1 amide bonds. The Morgan fingerprint density at radius 2 is 1.85 bits per heavy atom. The van der Waals surface area contributed by atoms with E-state index >= 15 is 0 Å². The molecule has 0 radical (unpaired) electrons. The summed E-state index contributed by atoms with van der Waals surface area (Å²) in [6.45, 7) is 1.77. The van der Waals surface area contributed by atoms with Crippen molar-refractivity contribution in [2.75, 3.05) is 17.1 Å². The predicted octanol–water partition coefficient (Wildman–Crippen LogP) is 5.46. The van der Waals surface area contributed by atoms with Gasteiger partial charge in [-0.05, 0) is 54.1 Å². The minimum atomic E-state index is -4.23. The maximum atomic E-state index is 13.9. The van der Waals surface area contributed by atoms with Crippen LogP contribution in [-0.4, -0.2) is 37.8 Å². The number of ether oxygens (including phenoxy) is 2. The highest BCUT2D eigenvalue weighted by atomic mass is 79.9. The lowest BCUT2D eigenvalue weighted by Gasteiger charge is -2.34. The highest BCUT2D eigenvalue weighted by molar-refractivity contribution is 9.10. The smallest absolute Gasteiger partial charge is 0.278 e. The van der Waals surface area contributed by atoms with Crippen LogP contribution in [0.3, 0.4) is 0 Å². The largest absolute Gasteiger partial charge is 0.501 e. The molecule has 0 saturated heterocycles. The molecule has 2 heterocycles. The molecule has 2 aliphatic rings. The first-order valence-electron chi connectivity index (χ1n) is 12.7. The molecule has 0 fully saturated rings. The number of aryl methyl sites for hydroxylation is 1. The van der Waals surface area contributed by atoms with E-state index in [9.17, 15) is 18.0 Å². The summed E-state index contributed by atoms with van der Waals surface area (Å²) in [5, 5.41) is 4.52. The van der Waals surface area contributed by atoms with Crippen molar-refractivity contribution >= 4 is 59.9 Å². The van der Waals surface area contributed by atoms with Crippen LogP contribution in [0.15, 0.2) is 94.0 Å². The Balaban J connectivity index is 1.44. The van der Waals surface area contributed by atoms with Gasteiger partial charge in [0, 0.05) is 33.9 Å². The van der Waals surface area contributed by atoms with Gasteiger partial charge in [-0.1, -0.05) is 52.3 Å². The number of amides is 1. The number of hydrogen-bond acceptors (Lipinski definition) is 7. The van der Waals surface area contributed by atoms with Gasteiger partial charge >= 0.3 is 0 Å². The van der Waals surface area contributed by atoms with E-state index in [4.69, 9.17) is 9.47 Å². The number of halogens is 1. The molecule has 0 bridgehead atoms. The van der Waals surface area contributed by atoms with Gasteiger partial charge in [0.15, 0.2) is 0 Å². The van der Waals surface area contributed by atoms with Gasteiger partial charge in [-0.25, -0.2) is 13.4 Å². The number of allylic oxidation sites excluding steroid dienone is 1. The highest BCUT2D eigenvalue weighted by Gasteiger charge is 2.62. The number of ketones is 1. The van der Waals surface area contributed by atoms with Gasteiger partial charge < -0.3 is 14.8 Å². The second kappa shape index (κ2) is 10.0. The zero-order valence-electron chi connectivity index (χ0n) is 22.0. The lowest BCUT2D eigenvalue weighted by atomic mass is 9.74. The molecule has 11 heteroatoms. The highest BCUT2D eigenvalue weighted by Crippen LogP contribution is 2.54. The Labute approximate surface area is 244 Å². The normalized spacial score (nSPS) is 19.5. The molecule has 0 spiro atoms. The lowest BCUT2D eigenvalue weighted by Crippen LogP contribution is -2.57. The predicted molar refractivity (Wildman–Crippen MR) is 157 cm³/mol. The molecule has 208 valence electrons. The number of nitrogens with zero attached hydrogens (tertiary/aromatic N) is 1. The van der Waals surface area contributed by atoms with Gasteiger partial charge in [0.05, 0.1) is 13.0 Å². The average molecular weight is 635 g/mol. The van der Waals surface area contributed by atoms with E-state index in [0.717, 1.165) is 10.8 Å². The SMILES string of the molecule is COC1=CC(=O)C2(C(=O)Nc3cccc(C)n3)Oc3c(cc(Br)cc3S(=O)(=O)Nc3ccc4ccccc4c3)C2C1. The Bertz CT molecular complexity index is 1890. The van der Waals surface area contributed by atoms with Crippen molar-refractivity contribution in [3.8, 4) is 5.75 Å².